The molecule has 0 aliphatic rings. The second kappa shape index (κ2) is 4.78. The number of hydrogen-bond donors (Lipinski definition) is 1. The van der Waals surface area contributed by atoms with E-state index in [9.17, 15) is 9.18 Å². The minimum Gasteiger partial charge on any atom is -0.481 e. The summed E-state index contributed by atoms with van der Waals surface area (Å²) in [6.45, 7) is 0. The van der Waals surface area contributed by atoms with Crippen LogP contribution in [-0.2, 0) is 11.2 Å². The van der Waals surface area contributed by atoms with E-state index in [2.05, 4.69) is 0 Å². The van der Waals surface area contributed by atoms with E-state index in [0.717, 1.165) is 11.1 Å². The molecule has 1 N–H and O–H groups in total. The third kappa shape index (κ3) is 2.91. The molecule has 0 saturated carbocycles. The molecule has 0 saturated heterocycles. The van der Waals surface area contributed by atoms with Crippen molar-refractivity contribution >= 4 is 5.97 Å². The van der Waals surface area contributed by atoms with Crippen molar-refractivity contribution in [2.75, 3.05) is 0 Å². The van der Waals surface area contributed by atoms with E-state index in [1.807, 2.05) is 0 Å². The van der Waals surface area contributed by atoms with Gasteiger partial charge in [-0.05, 0) is 28.8 Å². The zero-order valence-corrected chi connectivity index (χ0v) is 8.85. The number of carbonyl (C=O) groups is 1. The molecule has 2 aromatic rings. The molecule has 0 radical (unpaired) electrons. The first-order chi connectivity index (χ1) is 8.91. The molecule has 2 rings (SSSR count). The van der Waals surface area contributed by atoms with Gasteiger partial charge in [0, 0.05) is 2.74 Å². The third-order valence-electron chi connectivity index (χ3n) is 2.31. The predicted octanol–water partition coefficient (Wildman–Crippen LogP) is 3.12. The zero-order chi connectivity index (χ0) is 14.0. The Balaban J connectivity index is 2.33. The molecule has 0 fully saturated rings. The molecule has 0 heterocycles. The summed E-state index contributed by atoms with van der Waals surface area (Å²) in [5, 5.41) is 8.79. The molecule has 3 heteroatoms. The quantitative estimate of drug-likeness (QED) is 0.882. The Kier molecular flexibility index (Phi) is 2.51. The van der Waals surface area contributed by atoms with Crippen LogP contribution in [0.4, 0.5) is 4.39 Å². The fourth-order valence-electron chi connectivity index (χ4n) is 1.51. The number of carboxylic acid groups (broad SMARTS) is 1. The molecule has 0 aromatic heterocycles. The van der Waals surface area contributed by atoms with Crippen LogP contribution < -0.4 is 0 Å². The summed E-state index contributed by atoms with van der Waals surface area (Å²) in [4.78, 5) is 10.8. The van der Waals surface area contributed by atoms with Gasteiger partial charge >= 0.3 is 5.97 Å². The SMILES string of the molecule is [2H]C([2H])(C(=O)O)c1ccc(-c2ccc(F)cc2)cc1. The third-order valence-corrected chi connectivity index (χ3v) is 2.31. The largest absolute Gasteiger partial charge is 0.481 e. The van der Waals surface area contributed by atoms with Crippen LogP contribution in [0.3, 0.4) is 0 Å². The van der Waals surface area contributed by atoms with Crippen molar-refractivity contribution in [2.45, 2.75) is 6.37 Å². The minimum atomic E-state index is -2.42. The first kappa shape index (κ1) is 8.93. The number of aliphatic carboxylic acids is 1. The van der Waals surface area contributed by atoms with Gasteiger partial charge in [0.05, 0.1) is 6.37 Å². The molecule has 0 aliphatic heterocycles. The van der Waals surface area contributed by atoms with E-state index in [1.54, 1.807) is 24.3 Å². The van der Waals surface area contributed by atoms with Crippen LogP contribution >= 0.6 is 0 Å². The van der Waals surface area contributed by atoms with Gasteiger partial charge < -0.3 is 5.11 Å². The fraction of sp³-hybridized carbons (Fsp3) is 0.0714. The van der Waals surface area contributed by atoms with Gasteiger partial charge in [0.25, 0.3) is 0 Å². The van der Waals surface area contributed by atoms with E-state index in [4.69, 9.17) is 7.85 Å². The Morgan fingerprint density at radius 1 is 1.06 bits per heavy atom. The first-order valence-electron chi connectivity index (χ1n) is 6.01. The smallest absolute Gasteiger partial charge is 0.307 e. The van der Waals surface area contributed by atoms with Gasteiger partial charge in [-0.15, -0.1) is 0 Å². The topological polar surface area (TPSA) is 37.3 Å². The highest BCUT2D eigenvalue weighted by molar-refractivity contribution is 5.71. The van der Waals surface area contributed by atoms with E-state index < -0.39 is 12.3 Å². The molecule has 0 unspecified atom stereocenters. The molecule has 0 bridgehead atoms. The molecule has 2 aromatic carbocycles. The van der Waals surface area contributed by atoms with Crippen LogP contribution in [0.15, 0.2) is 48.5 Å². The van der Waals surface area contributed by atoms with Gasteiger partial charge in [0.1, 0.15) is 5.82 Å². The predicted molar refractivity (Wildman–Crippen MR) is 63.2 cm³/mol. The van der Waals surface area contributed by atoms with Crippen molar-refractivity contribution in [1.29, 1.82) is 0 Å². The minimum absolute atomic E-state index is 0.0749. The van der Waals surface area contributed by atoms with E-state index >= 15 is 0 Å². The Morgan fingerprint density at radius 2 is 1.53 bits per heavy atom. The zero-order valence-electron chi connectivity index (χ0n) is 10.9. The van der Waals surface area contributed by atoms with Crippen LogP contribution in [0.25, 0.3) is 11.1 Å². The highest BCUT2D eigenvalue weighted by atomic mass is 19.1. The average Bonchev–Trinajstić information content (AvgIpc) is 2.39. The lowest BCUT2D eigenvalue weighted by atomic mass is 10.0. The summed E-state index contributed by atoms with van der Waals surface area (Å²) in [6, 6.07) is 12.0. The second-order valence-electron chi connectivity index (χ2n) is 3.51. The fourth-order valence-corrected chi connectivity index (χ4v) is 1.51. The Bertz CT molecular complexity index is 592. The van der Waals surface area contributed by atoms with Gasteiger partial charge in [0.15, 0.2) is 0 Å². The van der Waals surface area contributed by atoms with Crippen molar-refractivity contribution in [2.24, 2.45) is 0 Å². The van der Waals surface area contributed by atoms with Gasteiger partial charge in [-0.3, -0.25) is 4.79 Å². The standard InChI is InChI=1S/C14H11FO2/c15-13-7-5-12(6-8-13)11-3-1-10(2-4-11)9-14(16)17/h1-8H,9H2,(H,16,17)/i9D2. The monoisotopic (exact) mass is 232 g/mol. The van der Waals surface area contributed by atoms with Crippen LogP contribution in [0.5, 0.6) is 0 Å². The van der Waals surface area contributed by atoms with Gasteiger partial charge in [0.2, 0.25) is 0 Å². The van der Waals surface area contributed by atoms with Crippen LogP contribution in [0.2, 0.25) is 0 Å². The Hall–Kier alpha value is -2.16. The van der Waals surface area contributed by atoms with E-state index in [0.29, 0.717) is 0 Å². The highest BCUT2D eigenvalue weighted by Crippen LogP contribution is 2.20. The maximum atomic E-state index is 12.8. The number of rotatable bonds is 3. The highest BCUT2D eigenvalue weighted by Gasteiger charge is 2.01. The van der Waals surface area contributed by atoms with Crippen molar-refractivity contribution in [3.63, 3.8) is 0 Å². The summed E-state index contributed by atoms with van der Waals surface area (Å²) in [7, 11) is 0. The van der Waals surface area contributed by atoms with E-state index in [1.165, 1.54) is 24.3 Å². The molecular formula is C14H11FO2. The Labute approximate surface area is 101 Å². The summed E-state index contributed by atoms with van der Waals surface area (Å²) >= 11 is 0. The number of hydrogen-bond acceptors (Lipinski definition) is 1. The van der Waals surface area contributed by atoms with E-state index in [-0.39, 0.29) is 11.4 Å². The molecule has 0 aliphatic carbocycles. The lowest BCUT2D eigenvalue weighted by molar-refractivity contribution is -0.136. The molecule has 2 nitrogen and oxygen atoms in total. The van der Waals surface area contributed by atoms with Crippen molar-refractivity contribution in [3.05, 3.63) is 59.9 Å². The second-order valence-corrected chi connectivity index (χ2v) is 3.51. The maximum Gasteiger partial charge on any atom is 0.307 e. The summed E-state index contributed by atoms with van der Waals surface area (Å²) in [6.07, 6.45) is -2.42. The summed E-state index contributed by atoms with van der Waals surface area (Å²) < 4.78 is 27.7. The van der Waals surface area contributed by atoms with Crippen molar-refractivity contribution in [3.8, 4) is 11.1 Å². The molecule has 17 heavy (non-hydrogen) atoms. The molecule has 0 spiro atoms. The lowest BCUT2D eigenvalue weighted by Crippen LogP contribution is -1.99. The van der Waals surface area contributed by atoms with Gasteiger partial charge in [-0.25, -0.2) is 4.39 Å². The molecule has 0 amide bonds. The average molecular weight is 232 g/mol. The van der Waals surface area contributed by atoms with Crippen LogP contribution in [0, 0.1) is 5.82 Å². The van der Waals surface area contributed by atoms with Crippen LogP contribution in [-0.4, -0.2) is 11.1 Å². The van der Waals surface area contributed by atoms with Crippen molar-refractivity contribution < 1.29 is 17.0 Å². The maximum absolute atomic E-state index is 12.8. The molecule has 0 atom stereocenters. The van der Waals surface area contributed by atoms with Crippen LogP contribution in [0.1, 0.15) is 8.30 Å². The number of carboxylic acids is 1. The van der Waals surface area contributed by atoms with Crippen molar-refractivity contribution in [1.82, 2.24) is 0 Å². The first-order valence-corrected chi connectivity index (χ1v) is 5.01. The summed E-state index contributed by atoms with van der Waals surface area (Å²) in [5.74, 6) is -1.86. The van der Waals surface area contributed by atoms with Gasteiger partial charge in [-0.2, -0.15) is 0 Å². The number of benzene rings is 2. The van der Waals surface area contributed by atoms with Gasteiger partial charge in [-0.1, -0.05) is 36.4 Å². The molecule has 86 valence electrons. The molecular weight excluding hydrogens is 219 g/mol. The number of halogens is 1. The lowest BCUT2D eigenvalue weighted by Gasteiger charge is -2.03. The Morgan fingerprint density at radius 3 is 2.00 bits per heavy atom. The normalized spacial score (nSPS) is 12.8. The summed E-state index contributed by atoms with van der Waals surface area (Å²) in [5.41, 5.74) is 1.62.